The van der Waals surface area contributed by atoms with Gasteiger partial charge < -0.3 is 15.1 Å². The molecule has 1 amide bonds. The van der Waals surface area contributed by atoms with Crippen molar-refractivity contribution in [2.24, 2.45) is 0 Å². The number of hydrogen-bond donors (Lipinski definition) is 2. The Morgan fingerprint density at radius 2 is 1.86 bits per heavy atom. The van der Waals surface area contributed by atoms with Crippen LogP contribution in [-0.4, -0.2) is 45.7 Å². The van der Waals surface area contributed by atoms with E-state index in [0.717, 1.165) is 57.1 Å². The fourth-order valence-electron chi connectivity index (χ4n) is 4.05. The SMILES string of the molecule is O=C(O)CCCCCCN1C(=O)CCCCC1CCC(O)Cc1ccccc1. The lowest BCUT2D eigenvalue weighted by Gasteiger charge is -2.31. The Bertz CT molecular complexity index is 590. The summed E-state index contributed by atoms with van der Waals surface area (Å²) in [5, 5.41) is 19.1. The van der Waals surface area contributed by atoms with E-state index in [9.17, 15) is 14.7 Å². The molecule has 2 atom stereocenters. The number of carbonyl (C=O) groups is 2. The summed E-state index contributed by atoms with van der Waals surface area (Å²) in [7, 11) is 0. The van der Waals surface area contributed by atoms with E-state index in [2.05, 4.69) is 0 Å². The largest absolute Gasteiger partial charge is 0.481 e. The van der Waals surface area contributed by atoms with Gasteiger partial charge >= 0.3 is 5.97 Å². The third-order valence-electron chi connectivity index (χ3n) is 5.63. The highest BCUT2D eigenvalue weighted by atomic mass is 16.4. The van der Waals surface area contributed by atoms with Crippen LogP contribution in [0.3, 0.4) is 0 Å². The number of rotatable bonds is 12. The van der Waals surface area contributed by atoms with Crippen LogP contribution in [0.1, 0.15) is 76.2 Å². The standard InChI is InChI=1S/C23H35NO4/c25-21(18-19-10-4-3-5-11-19)16-15-20-12-7-8-13-22(26)24(20)17-9-2-1-6-14-23(27)28/h3-5,10-11,20-21,25H,1-2,6-9,12-18H2,(H,27,28). The predicted octanol–water partition coefficient (Wildman–Crippen LogP) is 4.18. The van der Waals surface area contributed by atoms with Crippen LogP contribution in [0.4, 0.5) is 0 Å². The molecule has 1 heterocycles. The molecule has 1 fully saturated rings. The van der Waals surface area contributed by atoms with Crippen LogP contribution in [0, 0.1) is 0 Å². The number of unbranched alkanes of at least 4 members (excludes halogenated alkanes) is 3. The van der Waals surface area contributed by atoms with E-state index in [0.29, 0.717) is 25.7 Å². The molecule has 1 aromatic carbocycles. The molecule has 0 bridgehead atoms. The first kappa shape index (κ1) is 22.4. The maximum Gasteiger partial charge on any atom is 0.303 e. The van der Waals surface area contributed by atoms with E-state index in [1.54, 1.807) is 0 Å². The molecular formula is C23H35NO4. The summed E-state index contributed by atoms with van der Waals surface area (Å²) in [4.78, 5) is 25.2. The molecule has 1 aromatic rings. The summed E-state index contributed by atoms with van der Waals surface area (Å²) in [6.45, 7) is 0.755. The van der Waals surface area contributed by atoms with Gasteiger partial charge in [-0.3, -0.25) is 9.59 Å². The fourth-order valence-corrected chi connectivity index (χ4v) is 4.05. The second-order valence-electron chi connectivity index (χ2n) is 7.97. The second-order valence-corrected chi connectivity index (χ2v) is 7.97. The first-order valence-electron chi connectivity index (χ1n) is 10.8. The van der Waals surface area contributed by atoms with Crippen molar-refractivity contribution in [1.29, 1.82) is 0 Å². The normalized spacial score (nSPS) is 18.7. The van der Waals surface area contributed by atoms with Crippen LogP contribution in [-0.2, 0) is 16.0 Å². The average Bonchev–Trinajstić information content (AvgIpc) is 2.85. The Morgan fingerprint density at radius 1 is 1.11 bits per heavy atom. The van der Waals surface area contributed by atoms with Gasteiger partial charge in [0.2, 0.25) is 5.91 Å². The molecule has 1 saturated heterocycles. The molecule has 156 valence electrons. The third-order valence-corrected chi connectivity index (χ3v) is 5.63. The van der Waals surface area contributed by atoms with E-state index >= 15 is 0 Å². The van der Waals surface area contributed by atoms with Gasteiger partial charge in [-0.2, -0.15) is 0 Å². The average molecular weight is 390 g/mol. The Morgan fingerprint density at radius 3 is 2.61 bits per heavy atom. The Balaban J connectivity index is 1.77. The summed E-state index contributed by atoms with van der Waals surface area (Å²) in [5.41, 5.74) is 1.14. The highest BCUT2D eigenvalue weighted by Crippen LogP contribution is 2.23. The van der Waals surface area contributed by atoms with Crippen molar-refractivity contribution in [3.63, 3.8) is 0 Å². The zero-order chi connectivity index (χ0) is 20.2. The molecular weight excluding hydrogens is 354 g/mol. The minimum Gasteiger partial charge on any atom is -0.481 e. The van der Waals surface area contributed by atoms with E-state index in [-0.39, 0.29) is 24.5 Å². The van der Waals surface area contributed by atoms with Gasteiger partial charge in [-0.15, -0.1) is 0 Å². The lowest BCUT2D eigenvalue weighted by Crippen LogP contribution is -2.40. The summed E-state index contributed by atoms with van der Waals surface area (Å²) < 4.78 is 0. The Hall–Kier alpha value is -1.88. The smallest absolute Gasteiger partial charge is 0.303 e. The van der Waals surface area contributed by atoms with Gasteiger partial charge in [0, 0.05) is 25.4 Å². The van der Waals surface area contributed by atoms with Crippen LogP contribution >= 0.6 is 0 Å². The number of carboxylic acid groups (broad SMARTS) is 1. The Labute approximate surface area is 168 Å². The fraction of sp³-hybridized carbons (Fsp3) is 0.652. The van der Waals surface area contributed by atoms with Gasteiger partial charge in [0.15, 0.2) is 0 Å². The monoisotopic (exact) mass is 389 g/mol. The first-order valence-corrected chi connectivity index (χ1v) is 10.8. The molecule has 28 heavy (non-hydrogen) atoms. The van der Waals surface area contributed by atoms with Crippen molar-refractivity contribution < 1.29 is 19.8 Å². The van der Waals surface area contributed by atoms with Gasteiger partial charge in [-0.25, -0.2) is 0 Å². The van der Waals surface area contributed by atoms with Crippen molar-refractivity contribution >= 4 is 11.9 Å². The number of aliphatic hydroxyl groups is 1. The van der Waals surface area contributed by atoms with E-state index in [4.69, 9.17) is 5.11 Å². The number of carbonyl (C=O) groups excluding carboxylic acids is 1. The van der Waals surface area contributed by atoms with Crippen LogP contribution in [0.15, 0.2) is 30.3 Å². The molecule has 1 aliphatic heterocycles. The van der Waals surface area contributed by atoms with Gasteiger partial charge in [-0.1, -0.05) is 49.6 Å². The maximum absolute atomic E-state index is 12.6. The quantitative estimate of drug-likeness (QED) is 0.526. The highest BCUT2D eigenvalue weighted by Gasteiger charge is 2.26. The van der Waals surface area contributed by atoms with Gasteiger partial charge in [0.1, 0.15) is 0 Å². The van der Waals surface area contributed by atoms with Crippen molar-refractivity contribution in [2.45, 2.75) is 89.2 Å². The van der Waals surface area contributed by atoms with Crippen LogP contribution < -0.4 is 0 Å². The summed E-state index contributed by atoms with van der Waals surface area (Å²) in [5.74, 6) is -0.498. The third kappa shape index (κ3) is 8.42. The minimum atomic E-state index is -0.739. The van der Waals surface area contributed by atoms with Crippen molar-refractivity contribution in [1.82, 2.24) is 4.90 Å². The number of carboxylic acids is 1. The van der Waals surface area contributed by atoms with Gasteiger partial charge in [0.25, 0.3) is 0 Å². The number of likely N-dealkylation sites (tertiary alicyclic amines) is 1. The highest BCUT2D eigenvalue weighted by molar-refractivity contribution is 5.76. The molecule has 5 heteroatoms. The molecule has 0 aromatic heterocycles. The van der Waals surface area contributed by atoms with Crippen molar-refractivity contribution in [3.8, 4) is 0 Å². The molecule has 5 nitrogen and oxygen atoms in total. The topological polar surface area (TPSA) is 77.8 Å². The Kier molecular flexibility index (Phi) is 10.0. The first-order chi connectivity index (χ1) is 13.6. The predicted molar refractivity (Wildman–Crippen MR) is 110 cm³/mol. The molecule has 0 spiro atoms. The number of aliphatic carboxylic acids is 1. The second kappa shape index (κ2) is 12.6. The van der Waals surface area contributed by atoms with E-state index in [1.807, 2.05) is 35.2 Å². The lowest BCUT2D eigenvalue weighted by atomic mass is 9.98. The van der Waals surface area contributed by atoms with E-state index in [1.165, 1.54) is 0 Å². The van der Waals surface area contributed by atoms with Crippen molar-refractivity contribution in [3.05, 3.63) is 35.9 Å². The maximum atomic E-state index is 12.6. The summed E-state index contributed by atoms with van der Waals surface area (Å²) in [6.07, 6.45) is 9.22. The molecule has 2 unspecified atom stereocenters. The van der Waals surface area contributed by atoms with Crippen LogP contribution in [0.25, 0.3) is 0 Å². The van der Waals surface area contributed by atoms with E-state index < -0.39 is 5.97 Å². The summed E-state index contributed by atoms with van der Waals surface area (Å²) >= 11 is 0. The molecule has 1 aliphatic rings. The lowest BCUT2D eigenvalue weighted by molar-refractivity contribution is -0.137. The number of amides is 1. The minimum absolute atomic E-state index is 0.222. The molecule has 0 aliphatic carbocycles. The molecule has 2 rings (SSSR count). The molecule has 0 saturated carbocycles. The summed E-state index contributed by atoms with van der Waals surface area (Å²) in [6, 6.07) is 10.3. The van der Waals surface area contributed by atoms with Crippen LogP contribution in [0.5, 0.6) is 0 Å². The number of aliphatic hydroxyl groups excluding tert-OH is 1. The number of benzene rings is 1. The zero-order valence-electron chi connectivity index (χ0n) is 16.9. The van der Waals surface area contributed by atoms with Crippen molar-refractivity contribution in [2.75, 3.05) is 6.54 Å². The molecule has 2 N–H and O–H groups in total. The molecule has 0 radical (unpaired) electrons. The number of hydrogen-bond acceptors (Lipinski definition) is 3. The number of nitrogens with zero attached hydrogens (tertiary/aromatic N) is 1. The van der Waals surface area contributed by atoms with Gasteiger partial charge in [-0.05, 0) is 50.5 Å². The van der Waals surface area contributed by atoms with Gasteiger partial charge in [0.05, 0.1) is 6.10 Å². The van der Waals surface area contributed by atoms with Crippen LogP contribution in [0.2, 0.25) is 0 Å². The zero-order valence-corrected chi connectivity index (χ0v) is 16.9.